The van der Waals surface area contributed by atoms with Crippen molar-refractivity contribution in [1.82, 2.24) is 4.90 Å². The lowest BCUT2D eigenvalue weighted by Gasteiger charge is -2.32. The Morgan fingerprint density at radius 3 is 2.53 bits per heavy atom. The second-order valence-electron chi connectivity index (χ2n) is 9.43. The van der Waals surface area contributed by atoms with E-state index in [1.165, 1.54) is 7.11 Å². The van der Waals surface area contributed by atoms with Gasteiger partial charge >= 0.3 is 12.1 Å². The van der Waals surface area contributed by atoms with Crippen LogP contribution >= 0.6 is 0 Å². The van der Waals surface area contributed by atoms with Gasteiger partial charge in [0.15, 0.2) is 0 Å². The molecule has 2 aromatic carbocycles. The van der Waals surface area contributed by atoms with Gasteiger partial charge in [0.2, 0.25) is 0 Å². The predicted octanol–water partition coefficient (Wildman–Crippen LogP) is 5.08. The van der Waals surface area contributed by atoms with Gasteiger partial charge < -0.3 is 14.4 Å². The molecule has 1 heterocycles. The van der Waals surface area contributed by atoms with E-state index in [2.05, 4.69) is 11.1 Å². The summed E-state index contributed by atoms with van der Waals surface area (Å²) < 4.78 is 10.4. The quantitative estimate of drug-likeness (QED) is 0.457. The molecule has 1 fully saturated rings. The molecule has 0 unspecified atom stereocenters. The van der Waals surface area contributed by atoms with Crippen LogP contribution in [0.25, 0.3) is 11.1 Å². The first-order chi connectivity index (χ1) is 16.2. The summed E-state index contributed by atoms with van der Waals surface area (Å²) in [5.74, 6) is -0.0482. The number of aliphatic imine (C=N–C) groups is 1. The van der Waals surface area contributed by atoms with Crippen molar-refractivity contribution in [3.8, 4) is 17.2 Å². The first-order valence-electron chi connectivity index (χ1n) is 11.4. The van der Waals surface area contributed by atoms with Crippen molar-refractivity contribution >= 4 is 18.3 Å². The number of carbonyl (C=O) groups is 2. The number of likely N-dealkylation sites (tertiary alicyclic amines) is 1. The number of hydrogen-bond acceptors (Lipinski definition) is 6. The van der Waals surface area contributed by atoms with Crippen LogP contribution < -0.4 is 0 Å². The van der Waals surface area contributed by atoms with Crippen molar-refractivity contribution < 1.29 is 19.1 Å². The summed E-state index contributed by atoms with van der Waals surface area (Å²) in [5.41, 5.74) is 2.92. The average Bonchev–Trinajstić information content (AvgIpc) is 2.82. The third-order valence-electron chi connectivity index (χ3n) is 5.57. The molecule has 7 nitrogen and oxygen atoms in total. The maximum absolute atomic E-state index is 12.2. The second-order valence-corrected chi connectivity index (χ2v) is 9.43. The number of rotatable bonds is 5. The lowest BCUT2D eigenvalue weighted by Crippen LogP contribution is -2.42. The first kappa shape index (κ1) is 25.0. The molecule has 0 bridgehead atoms. The van der Waals surface area contributed by atoms with Gasteiger partial charge in [-0.05, 0) is 86.6 Å². The number of carbonyl (C=O) groups excluding carboxylic acids is 2. The van der Waals surface area contributed by atoms with Crippen LogP contribution in [0.1, 0.15) is 55.1 Å². The standard InChI is InChI=1S/C27H31N3O4/c1-27(2,3)34-26(32)30-10-8-19(9-11-30)17-29-18-21-13-23(15-24(14-21)25(31)33-4)22-7-5-6-20(12-22)16-28/h5-7,12-15,18-19H,8-11,17H2,1-4H3/b29-18+. The molecule has 0 radical (unpaired) electrons. The number of piperidine rings is 1. The van der Waals surface area contributed by atoms with Crippen molar-refractivity contribution in [2.24, 2.45) is 10.9 Å². The summed E-state index contributed by atoms with van der Waals surface area (Å²) in [6.45, 7) is 7.57. The van der Waals surface area contributed by atoms with E-state index >= 15 is 0 Å². The molecule has 7 heteroatoms. The zero-order valence-electron chi connectivity index (χ0n) is 20.2. The van der Waals surface area contributed by atoms with Gasteiger partial charge in [0.25, 0.3) is 0 Å². The number of esters is 1. The maximum atomic E-state index is 12.2. The zero-order valence-corrected chi connectivity index (χ0v) is 20.2. The number of amides is 1. The molecule has 0 aliphatic carbocycles. The summed E-state index contributed by atoms with van der Waals surface area (Å²) in [4.78, 5) is 30.8. The molecule has 0 atom stereocenters. The van der Waals surface area contributed by atoms with Gasteiger partial charge in [-0.1, -0.05) is 12.1 Å². The third-order valence-corrected chi connectivity index (χ3v) is 5.57. The number of nitrogens with zero attached hydrogens (tertiary/aromatic N) is 3. The molecule has 0 saturated carbocycles. The fraction of sp³-hybridized carbons (Fsp3) is 0.407. The number of nitriles is 1. The topological polar surface area (TPSA) is 92.0 Å². The average molecular weight is 462 g/mol. The molecule has 1 aliphatic rings. The molecule has 2 aromatic rings. The van der Waals surface area contributed by atoms with E-state index in [4.69, 9.17) is 9.47 Å². The van der Waals surface area contributed by atoms with E-state index in [0.717, 1.165) is 29.5 Å². The molecule has 178 valence electrons. The number of ether oxygens (including phenoxy) is 2. The van der Waals surface area contributed by atoms with Gasteiger partial charge in [0, 0.05) is 25.8 Å². The maximum Gasteiger partial charge on any atom is 0.410 e. The summed E-state index contributed by atoms with van der Waals surface area (Å²) in [6, 6.07) is 14.8. The van der Waals surface area contributed by atoms with Crippen molar-refractivity contribution in [2.45, 2.75) is 39.2 Å². The highest BCUT2D eigenvalue weighted by atomic mass is 16.6. The SMILES string of the molecule is COC(=O)c1cc(/C=N/CC2CCN(C(=O)OC(C)(C)C)CC2)cc(-c2cccc(C#N)c2)c1. The summed E-state index contributed by atoms with van der Waals surface area (Å²) >= 11 is 0. The van der Waals surface area contributed by atoms with Crippen molar-refractivity contribution in [2.75, 3.05) is 26.7 Å². The number of methoxy groups -OCH3 is 1. The Bertz CT molecular complexity index is 1100. The van der Waals surface area contributed by atoms with Crippen LogP contribution in [0, 0.1) is 17.2 Å². The van der Waals surface area contributed by atoms with Gasteiger partial charge in [0.05, 0.1) is 24.3 Å². The first-order valence-corrected chi connectivity index (χ1v) is 11.4. The van der Waals surface area contributed by atoms with Crippen LogP contribution in [0.5, 0.6) is 0 Å². The Kier molecular flexibility index (Phi) is 8.06. The highest BCUT2D eigenvalue weighted by Crippen LogP contribution is 2.24. The van der Waals surface area contributed by atoms with Crippen molar-refractivity contribution in [1.29, 1.82) is 5.26 Å². The van der Waals surface area contributed by atoms with E-state index in [0.29, 0.717) is 36.7 Å². The normalized spacial score (nSPS) is 14.6. The smallest absolute Gasteiger partial charge is 0.410 e. The number of hydrogen-bond donors (Lipinski definition) is 0. The highest BCUT2D eigenvalue weighted by Gasteiger charge is 2.26. The van der Waals surface area contributed by atoms with Crippen LogP contribution in [0.15, 0.2) is 47.5 Å². The van der Waals surface area contributed by atoms with Crippen LogP contribution in [0.4, 0.5) is 4.79 Å². The Hall–Kier alpha value is -3.66. The van der Waals surface area contributed by atoms with Gasteiger partial charge in [-0.25, -0.2) is 9.59 Å². The lowest BCUT2D eigenvalue weighted by atomic mass is 9.97. The largest absolute Gasteiger partial charge is 0.465 e. The molecule has 0 aromatic heterocycles. The molecule has 1 aliphatic heterocycles. The molecular weight excluding hydrogens is 430 g/mol. The summed E-state index contributed by atoms with van der Waals surface area (Å²) in [5, 5.41) is 9.21. The number of benzene rings is 2. The van der Waals surface area contributed by atoms with Gasteiger partial charge in [-0.2, -0.15) is 5.26 Å². The van der Waals surface area contributed by atoms with E-state index in [1.807, 2.05) is 39.0 Å². The van der Waals surface area contributed by atoms with E-state index in [-0.39, 0.29) is 6.09 Å². The molecule has 1 amide bonds. The van der Waals surface area contributed by atoms with Crippen LogP contribution in [0.2, 0.25) is 0 Å². The Labute approximate surface area is 201 Å². The van der Waals surface area contributed by atoms with Crippen molar-refractivity contribution in [3.05, 3.63) is 59.2 Å². The van der Waals surface area contributed by atoms with Gasteiger partial charge in [0.1, 0.15) is 5.60 Å². The fourth-order valence-electron chi connectivity index (χ4n) is 3.83. The Morgan fingerprint density at radius 2 is 1.88 bits per heavy atom. The molecular formula is C27H31N3O4. The minimum Gasteiger partial charge on any atom is -0.465 e. The van der Waals surface area contributed by atoms with Crippen LogP contribution in [-0.4, -0.2) is 55.5 Å². The fourth-order valence-corrected chi connectivity index (χ4v) is 3.83. The van der Waals surface area contributed by atoms with Crippen molar-refractivity contribution in [3.63, 3.8) is 0 Å². The minimum atomic E-state index is -0.494. The summed E-state index contributed by atoms with van der Waals surface area (Å²) in [7, 11) is 1.35. The monoisotopic (exact) mass is 461 g/mol. The minimum absolute atomic E-state index is 0.262. The molecule has 1 saturated heterocycles. The van der Waals surface area contributed by atoms with Crippen LogP contribution in [0.3, 0.4) is 0 Å². The van der Waals surface area contributed by atoms with Crippen LogP contribution in [-0.2, 0) is 9.47 Å². The highest BCUT2D eigenvalue weighted by molar-refractivity contribution is 5.94. The molecule has 0 spiro atoms. The Balaban J connectivity index is 1.68. The summed E-state index contributed by atoms with van der Waals surface area (Å²) in [6.07, 6.45) is 3.24. The van der Waals surface area contributed by atoms with Gasteiger partial charge in [-0.15, -0.1) is 0 Å². The van der Waals surface area contributed by atoms with E-state index in [1.54, 1.807) is 35.4 Å². The molecule has 3 rings (SSSR count). The lowest BCUT2D eigenvalue weighted by molar-refractivity contribution is 0.0187. The second kappa shape index (κ2) is 11.0. The molecule has 0 N–H and O–H groups in total. The van der Waals surface area contributed by atoms with Gasteiger partial charge in [-0.3, -0.25) is 4.99 Å². The predicted molar refractivity (Wildman–Crippen MR) is 131 cm³/mol. The van der Waals surface area contributed by atoms with E-state index in [9.17, 15) is 14.9 Å². The third kappa shape index (κ3) is 6.92. The van der Waals surface area contributed by atoms with E-state index < -0.39 is 11.6 Å². The zero-order chi connectivity index (χ0) is 24.7. The Morgan fingerprint density at radius 1 is 1.15 bits per heavy atom. The molecule has 34 heavy (non-hydrogen) atoms.